The first kappa shape index (κ1) is 10.6. The van der Waals surface area contributed by atoms with Gasteiger partial charge in [-0.3, -0.25) is 8.42 Å². The van der Waals surface area contributed by atoms with E-state index in [1.807, 2.05) is 30.3 Å². The van der Waals surface area contributed by atoms with Crippen molar-refractivity contribution in [3.05, 3.63) is 35.9 Å². The molecule has 0 bridgehead atoms. The molecule has 3 nitrogen and oxygen atoms in total. The Morgan fingerprint density at radius 1 is 1.12 bits per heavy atom. The maximum Gasteiger partial charge on any atom is 0.249 e. The van der Waals surface area contributed by atoms with Gasteiger partial charge in [-0.15, -0.1) is 0 Å². The minimum atomic E-state index is -1.12. The summed E-state index contributed by atoms with van der Waals surface area (Å²) in [6.45, 7) is 0. The molecule has 2 unspecified atom stereocenters. The minimum absolute atomic E-state index is 0.240. The van der Waals surface area contributed by atoms with Gasteiger partial charge in [-0.25, -0.2) is 0 Å². The first-order chi connectivity index (χ1) is 7.75. The van der Waals surface area contributed by atoms with Gasteiger partial charge in [0.25, 0.3) is 0 Å². The van der Waals surface area contributed by atoms with E-state index in [4.69, 9.17) is 4.74 Å². The predicted molar refractivity (Wildman–Crippen MR) is 63.6 cm³/mol. The summed E-state index contributed by atoms with van der Waals surface area (Å²) in [6, 6.07) is 9.62. The molecule has 16 heavy (non-hydrogen) atoms. The number of rotatable bonds is 1. The van der Waals surface area contributed by atoms with Crippen LogP contribution in [0.15, 0.2) is 30.3 Å². The third-order valence-electron chi connectivity index (χ3n) is 2.94. The lowest BCUT2D eigenvalue weighted by molar-refractivity contribution is 0.389. The lowest BCUT2D eigenvalue weighted by Gasteiger charge is -2.17. The van der Waals surface area contributed by atoms with Crippen LogP contribution in [0.3, 0.4) is 0 Å². The summed E-state index contributed by atoms with van der Waals surface area (Å²) in [4.78, 5) is 0. The Morgan fingerprint density at radius 3 is 2.38 bits per heavy atom. The minimum Gasteiger partial charge on any atom is -0.335 e. The van der Waals surface area contributed by atoms with Gasteiger partial charge in [0.15, 0.2) is 0 Å². The molecule has 0 aromatic heterocycles. The van der Waals surface area contributed by atoms with Crippen molar-refractivity contribution >= 4 is 21.6 Å². The maximum atomic E-state index is 12.0. The van der Waals surface area contributed by atoms with E-state index < -0.39 is 25.9 Å². The summed E-state index contributed by atoms with van der Waals surface area (Å²) < 4.78 is 28.6. The third kappa shape index (κ3) is 1.42. The van der Waals surface area contributed by atoms with Gasteiger partial charge < -0.3 is 4.74 Å². The Morgan fingerprint density at radius 2 is 1.75 bits per heavy atom. The van der Waals surface area contributed by atoms with Crippen LogP contribution in [-0.4, -0.2) is 24.2 Å². The number of benzene rings is 1. The monoisotopic (exact) mass is 256 g/mol. The van der Waals surface area contributed by atoms with Gasteiger partial charge in [-0.2, -0.15) is 0 Å². The molecule has 0 radical (unpaired) electrons. The molecule has 3 rings (SSSR count). The summed E-state index contributed by atoms with van der Waals surface area (Å²) in [7, 11) is -2.24. The molecule has 3 atom stereocenters. The predicted octanol–water partition coefficient (Wildman–Crippen LogP) is 1.31. The summed E-state index contributed by atoms with van der Waals surface area (Å²) >= 11 is 0. The van der Waals surface area contributed by atoms with Gasteiger partial charge in [-0.05, 0) is 12.0 Å². The maximum absolute atomic E-state index is 12.0. The molecule has 0 saturated carbocycles. The lowest BCUT2D eigenvalue weighted by atomic mass is 10.2. The van der Waals surface area contributed by atoms with Crippen molar-refractivity contribution < 1.29 is 13.2 Å². The highest BCUT2D eigenvalue weighted by molar-refractivity contribution is 8.05. The van der Waals surface area contributed by atoms with E-state index in [0.717, 1.165) is 12.0 Å². The fraction of sp³-hybridized carbons (Fsp3) is 0.455. The Labute approximate surface area is 99.1 Å². The van der Waals surface area contributed by atoms with Crippen LogP contribution in [0.5, 0.6) is 0 Å². The lowest BCUT2D eigenvalue weighted by Crippen LogP contribution is -2.34. The SMILES string of the molecule is O=S1CCCS(=O)C12O[C@@H]2c1ccccc1. The highest BCUT2D eigenvalue weighted by Crippen LogP contribution is 2.55. The summed E-state index contributed by atoms with van der Waals surface area (Å²) in [5.74, 6) is 1.21. The fourth-order valence-electron chi connectivity index (χ4n) is 2.09. The van der Waals surface area contributed by atoms with E-state index >= 15 is 0 Å². The van der Waals surface area contributed by atoms with E-state index in [2.05, 4.69) is 0 Å². The standard InChI is InChI=1S/C11H12O3S2/c12-15-7-4-8-16(13)11(15)10(14-11)9-5-2-1-3-6-9/h1-3,5-6,10H,4,7-8H2/t10-,11?,15?,16?/m1/s1. The number of hydrogen-bond acceptors (Lipinski definition) is 3. The Kier molecular flexibility index (Phi) is 2.49. The zero-order valence-electron chi connectivity index (χ0n) is 8.63. The van der Waals surface area contributed by atoms with Gasteiger partial charge in [0.1, 0.15) is 6.10 Å². The van der Waals surface area contributed by atoms with Crippen molar-refractivity contribution in [3.8, 4) is 0 Å². The largest absolute Gasteiger partial charge is 0.335 e. The van der Waals surface area contributed by atoms with Gasteiger partial charge in [0.05, 0.1) is 21.6 Å². The molecule has 0 amide bonds. The molecule has 1 spiro atoms. The highest BCUT2D eigenvalue weighted by Gasteiger charge is 2.67. The Balaban J connectivity index is 1.93. The fourth-order valence-corrected chi connectivity index (χ4v) is 6.14. The highest BCUT2D eigenvalue weighted by atomic mass is 32.2. The van der Waals surface area contributed by atoms with E-state index in [1.54, 1.807) is 0 Å². The van der Waals surface area contributed by atoms with E-state index in [9.17, 15) is 8.42 Å². The molecule has 1 aromatic rings. The van der Waals surface area contributed by atoms with Gasteiger partial charge in [0, 0.05) is 11.5 Å². The van der Waals surface area contributed by atoms with Crippen LogP contribution in [0.25, 0.3) is 0 Å². The summed E-state index contributed by atoms with van der Waals surface area (Å²) in [5.41, 5.74) is 0.978. The number of ether oxygens (including phenoxy) is 1. The smallest absolute Gasteiger partial charge is 0.249 e. The molecule has 86 valence electrons. The second kappa shape index (κ2) is 3.75. The summed E-state index contributed by atoms with van der Waals surface area (Å²) in [5, 5.41) is 0. The van der Waals surface area contributed by atoms with Crippen LogP contribution >= 0.6 is 0 Å². The number of epoxide rings is 1. The quantitative estimate of drug-likeness (QED) is 0.712. The molecule has 1 aromatic carbocycles. The van der Waals surface area contributed by atoms with Crippen LogP contribution in [0.2, 0.25) is 0 Å². The van der Waals surface area contributed by atoms with E-state index in [1.165, 1.54) is 0 Å². The molecule has 2 heterocycles. The van der Waals surface area contributed by atoms with Crippen LogP contribution < -0.4 is 0 Å². The van der Waals surface area contributed by atoms with Crippen molar-refractivity contribution in [1.29, 1.82) is 0 Å². The van der Waals surface area contributed by atoms with Gasteiger partial charge >= 0.3 is 0 Å². The molecule has 2 saturated heterocycles. The Bertz CT molecular complexity index is 442. The summed E-state index contributed by atoms with van der Waals surface area (Å²) in [6.07, 6.45) is 0.530. The first-order valence-corrected chi connectivity index (χ1v) is 7.88. The van der Waals surface area contributed by atoms with Crippen molar-refractivity contribution in [2.45, 2.75) is 16.8 Å². The average molecular weight is 256 g/mol. The van der Waals surface area contributed by atoms with Crippen LogP contribution in [0.4, 0.5) is 0 Å². The Hall–Kier alpha value is -0.520. The zero-order valence-corrected chi connectivity index (χ0v) is 10.3. The number of hydrogen-bond donors (Lipinski definition) is 0. The van der Waals surface area contributed by atoms with Crippen molar-refractivity contribution in [2.75, 3.05) is 11.5 Å². The van der Waals surface area contributed by atoms with Crippen molar-refractivity contribution in [1.82, 2.24) is 0 Å². The van der Waals surface area contributed by atoms with Crippen LogP contribution in [0, 0.1) is 0 Å². The van der Waals surface area contributed by atoms with E-state index in [0.29, 0.717) is 11.5 Å². The second-order valence-electron chi connectivity index (χ2n) is 3.96. The van der Waals surface area contributed by atoms with E-state index in [-0.39, 0.29) is 6.10 Å². The van der Waals surface area contributed by atoms with Crippen molar-refractivity contribution in [2.24, 2.45) is 0 Å². The molecule has 2 aliphatic rings. The molecule has 0 aliphatic carbocycles. The zero-order chi connectivity index (χ0) is 11.2. The average Bonchev–Trinajstić information content (AvgIpc) is 3.04. The van der Waals surface area contributed by atoms with Gasteiger partial charge in [-0.1, -0.05) is 30.3 Å². The van der Waals surface area contributed by atoms with Crippen LogP contribution in [0.1, 0.15) is 18.1 Å². The molecule has 2 fully saturated rings. The van der Waals surface area contributed by atoms with Crippen LogP contribution in [-0.2, 0) is 26.3 Å². The van der Waals surface area contributed by atoms with Gasteiger partial charge in [0.2, 0.25) is 4.27 Å². The molecular weight excluding hydrogens is 244 g/mol. The molecular formula is C11H12O3S2. The molecule has 0 N–H and O–H groups in total. The first-order valence-electron chi connectivity index (χ1n) is 5.25. The third-order valence-corrected chi connectivity index (χ3v) is 7.27. The normalized spacial score (nSPS) is 42.1. The molecule has 2 aliphatic heterocycles. The molecule has 5 heteroatoms. The topological polar surface area (TPSA) is 46.7 Å². The second-order valence-corrected chi connectivity index (χ2v) is 7.63. The van der Waals surface area contributed by atoms with Crippen molar-refractivity contribution in [3.63, 3.8) is 0 Å².